The van der Waals surface area contributed by atoms with Gasteiger partial charge in [-0.2, -0.15) is 0 Å². The Morgan fingerprint density at radius 3 is 2.56 bits per heavy atom. The van der Waals surface area contributed by atoms with E-state index < -0.39 is 11.7 Å². The van der Waals surface area contributed by atoms with E-state index in [1.807, 2.05) is 25.7 Å². The van der Waals surface area contributed by atoms with E-state index in [1.165, 1.54) is 0 Å². The van der Waals surface area contributed by atoms with Crippen molar-refractivity contribution in [2.45, 2.75) is 64.1 Å². The number of likely N-dealkylation sites (tertiary alicyclic amines) is 1. The van der Waals surface area contributed by atoms with Crippen LogP contribution in [0.3, 0.4) is 0 Å². The summed E-state index contributed by atoms with van der Waals surface area (Å²) in [5.41, 5.74) is 0.0507. The van der Waals surface area contributed by atoms with Crippen LogP contribution in [0.1, 0.15) is 52.0 Å². The zero-order valence-corrected chi connectivity index (χ0v) is 22.9. The number of nitrogens with zero attached hydrogens (tertiary/aromatic N) is 2. The van der Waals surface area contributed by atoms with Crippen LogP contribution in [0.5, 0.6) is 5.75 Å². The Kier molecular flexibility index (Phi) is 9.35. The summed E-state index contributed by atoms with van der Waals surface area (Å²) in [6.07, 6.45) is 0.364. The van der Waals surface area contributed by atoms with Crippen molar-refractivity contribution in [3.8, 4) is 5.75 Å². The highest BCUT2D eigenvalue weighted by molar-refractivity contribution is 6.42. The molecule has 0 aromatic heterocycles. The van der Waals surface area contributed by atoms with Crippen molar-refractivity contribution in [1.82, 2.24) is 15.1 Å². The molecule has 36 heavy (non-hydrogen) atoms. The van der Waals surface area contributed by atoms with Gasteiger partial charge in [-0.15, -0.1) is 0 Å². The van der Waals surface area contributed by atoms with Crippen LogP contribution in [-0.2, 0) is 19.1 Å². The van der Waals surface area contributed by atoms with Crippen molar-refractivity contribution in [3.05, 3.63) is 27.7 Å². The molecule has 2 saturated heterocycles. The van der Waals surface area contributed by atoms with Crippen molar-refractivity contribution < 1.29 is 28.6 Å². The summed E-state index contributed by atoms with van der Waals surface area (Å²) in [5, 5.41) is 3.61. The molecule has 1 aromatic rings. The number of halogens is 2. The Bertz CT molecular complexity index is 983. The van der Waals surface area contributed by atoms with Gasteiger partial charge in [0.1, 0.15) is 11.4 Å². The van der Waals surface area contributed by atoms with Gasteiger partial charge in [-0.1, -0.05) is 23.2 Å². The molecule has 2 fully saturated rings. The van der Waals surface area contributed by atoms with E-state index in [4.69, 9.17) is 37.4 Å². The van der Waals surface area contributed by atoms with Crippen molar-refractivity contribution in [2.75, 3.05) is 39.9 Å². The third kappa shape index (κ3) is 6.95. The molecule has 0 aliphatic carbocycles. The fourth-order valence-electron chi connectivity index (χ4n) is 4.78. The Morgan fingerprint density at radius 2 is 1.97 bits per heavy atom. The first-order valence-corrected chi connectivity index (χ1v) is 12.9. The van der Waals surface area contributed by atoms with Gasteiger partial charge in [0.15, 0.2) is 0 Å². The minimum absolute atomic E-state index is 0.0119. The maximum Gasteiger partial charge on any atom is 0.410 e. The number of nitrogens with one attached hydrogen (secondary N) is 1. The van der Waals surface area contributed by atoms with E-state index in [-0.39, 0.29) is 49.5 Å². The highest BCUT2D eigenvalue weighted by atomic mass is 35.5. The monoisotopic (exact) mass is 543 g/mol. The summed E-state index contributed by atoms with van der Waals surface area (Å²) < 4.78 is 16.4. The summed E-state index contributed by atoms with van der Waals surface area (Å²) >= 11 is 12.9. The third-order valence-electron chi connectivity index (χ3n) is 6.32. The second kappa shape index (κ2) is 11.9. The Morgan fingerprint density at radius 1 is 1.25 bits per heavy atom. The molecule has 2 aliphatic heterocycles. The summed E-state index contributed by atoms with van der Waals surface area (Å²) in [7, 11) is 1.56. The van der Waals surface area contributed by atoms with E-state index in [0.29, 0.717) is 41.8 Å². The molecule has 200 valence electrons. The lowest BCUT2D eigenvalue weighted by molar-refractivity contribution is -0.145. The Balaban J connectivity index is 1.92. The molecule has 1 N–H and O–H groups in total. The molecule has 9 nitrogen and oxygen atoms in total. The van der Waals surface area contributed by atoms with Crippen LogP contribution in [-0.4, -0.2) is 85.3 Å². The molecular formula is C25H35Cl2N3O6. The van der Waals surface area contributed by atoms with Crippen molar-refractivity contribution in [3.63, 3.8) is 0 Å². The summed E-state index contributed by atoms with van der Waals surface area (Å²) in [5.74, 6) is -0.0306. The molecular weight excluding hydrogens is 509 g/mol. The number of benzene rings is 1. The van der Waals surface area contributed by atoms with Crippen LogP contribution < -0.4 is 10.1 Å². The third-order valence-corrected chi connectivity index (χ3v) is 7.14. The SMILES string of the molecule is CCOC(=O)CN(C[C@@H]1C[C@H](c2c(OC)ccc(Cl)c2Cl)CN1C(=O)OC(C)(C)C)C1CNC(=O)C1. The zero-order chi connectivity index (χ0) is 26.6. The first-order valence-electron chi connectivity index (χ1n) is 12.1. The highest BCUT2D eigenvalue weighted by Crippen LogP contribution is 2.44. The number of hydrogen-bond acceptors (Lipinski definition) is 7. The van der Waals surface area contributed by atoms with Crippen LogP contribution in [0.25, 0.3) is 0 Å². The van der Waals surface area contributed by atoms with E-state index in [1.54, 1.807) is 31.1 Å². The van der Waals surface area contributed by atoms with E-state index >= 15 is 0 Å². The van der Waals surface area contributed by atoms with E-state index in [2.05, 4.69) is 5.32 Å². The average molecular weight is 544 g/mol. The lowest BCUT2D eigenvalue weighted by atomic mass is 9.95. The number of carbonyl (C=O) groups is 3. The second-order valence-electron chi connectivity index (χ2n) is 10.1. The molecule has 1 aromatic carbocycles. The fraction of sp³-hybridized carbons (Fsp3) is 0.640. The quantitative estimate of drug-likeness (QED) is 0.497. The molecule has 0 bridgehead atoms. The maximum absolute atomic E-state index is 13.3. The van der Waals surface area contributed by atoms with E-state index in [0.717, 1.165) is 5.56 Å². The largest absolute Gasteiger partial charge is 0.496 e. The number of hydrogen-bond donors (Lipinski definition) is 1. The molecule has 3 atom stereocenters. The molecule has 2 heterocycles. The number of carbonyl (C=O) groups excluding carboxylic acids is 3. The molecule has 0 radical (unpaired) electrons. The average Bonchev–Trinajstić information content (AvgIpc) is 3.40. The van der Waals surface area contributed by atoms with Gasteiger partial charge in [-0.3, -0.25) is 14.5 Å². The Hall–Kier alpha value is -2.23. The summed E-state index contributed by atoms with van der Waals surface area (Å²) in [6, 6.07) is 2.94. The zero-order valence-electron chi connectivity index (χ0n) is 21.4. The van der Waals surface area contributed by atoms with Crippen molar-refractivity contribution in [1.29, 1.82) is 0 Å². The highest BCUT2D eigenvalue weighted by Gasteiger charge is 2.42. The fourth-order valence-corrected chi connectivity index (χ4v) is 5.26. The molecule has 3 rings (SSSR count). The summed E-state index contributed by atoms with van der Waals surface area (Å²) in [4.78, 5) is 41.2. The maximum atomic E-state index is 13.3. The lowest BCUT2D eigenvalue weighted by Gasteiger charge is -2.34. The molecule has 0 spiro atoms. The number of ether oxygens (including phenoxy) is 3. The molecule has 0 saturated carbocycles. The van der Waals surface area contributed by atoms with Gasteiger partial charge in [0, 0.05) is 49.6 Å². The van der Waals surface area contributed by atoms with Crippen molar-refractivity contribution >= 4 is 41.2 Å². The topological polar surface area (TPSA) is 97.4 Å². The number of rotatable bonds is 8. The van der Waals surface area contributed by atoms with Crippen LogP contribution in [0.2, 0.25) is 10.0 Å². The minimum atomic E-state index is -0.683. The minimum Gasteiger partial charge on any atom is -0.496 e. The first-order chi connectivity index (χ1) is 16.9. The van der Waals surface area contributed by atoms with Crippen LogP contribution >= 0.6 is 23.2 Å². The summed E-state index contributed by atoms with van der Waals surface area (Å²) in [6.45, 7) is 8.58. The second-order valence-corrected chi connectivity index (χ2v) is 10.9. The standard InChI is InChI=1S/C25H35Cl2N3O6/c1-6-35-21(32)14-29(16-10-20(31)28-11-16)13-17-9-15(12-30(17)24(33)36-25(2,3)4)22-19(34-5)8-7-18(26)23(22)27/h7-8,15-17H,6,9-14H2,1-5H3,(H,28,31)/t15-,16?,17-/m0/s1. The predicted octanol–water partition coefficient (Wildman–Crippen LogP) is 3.85. The number of esters is 1. The lowest BCUT2D eigenvalue weighted by Crippen LogP contribution is -2.50. The molecule has 1 unspecified atom stereocenters. The van der Waals surface area contributed by atoms with Crippen LogP contribution in [0.15, 0.2) is 12.1 Å². The molecule has 2 aliphatic rings. The van der Waals surface area contributed by atoms with Gasteiger partial charge in [0.05, 0.1) is 30.3 Å². The number of amides is 2. The van der Waals surface area contributed by atoms with Gasteiger partial charge in [0.2, 0.25) is 5.91 Å². The van der Waals surface area contributed by atoms with Gasteiger partial charge in [-0.25, -0.2) is 4.79 Å². The van der Waals surface area contributed by atoms with Gasteiger partial charge in [-0.05, 0) is 46.2 Å². The van der Waals surface area contributed by atoms with Gasteiger partial charge >= 0.3 is 12.1 Å². The van der Waals surface area contributed by atoms with Crippen molar-refractivity contribution in [2.24, 2.45) is 0 Å². The van der Waals surface area contributed by atoms with Gasteiger partial charge in [0.25, 0.3) is 0 Å². The van der Waals surface area contributed by atoms with E-state index in [9.17, 15) is 14.4 Å². The molecule has 2 amide bonds. The van der Waals surface area contributed by atoms with Crippen LogP contribution in [0, 0.1) is 0 Å². The Labute approximate surface area is 222 Å². The number of methoxy groups -OCH3 is 1. The first kappa shape index (κ1) is 28.3. The normalized spacial score (nSPS) is 22.1. The van der Waals surface area contributed by atoms with Gasteiger partial charge < -0.3 is 24.4 Å². The smallest absolute Gasteiger partial charge is 0.410 e. The molecule has 11 heteroatoms. The predicted molar refractivity (Wildman–Crippen MR) is 137 cm³/mol. The van der Waals surface area contributed by atoms with Crippen LogP contribution in [0.4, 0.5) is 4.79 Å².